The third-order valence-electron chi connectivity index (χ3n) is 2.78. The van der Waals surface area contributed by atoms with E-state index in [-0.39, 0.29) is 51.2 Å². The molecule has 0 aromatic carbocycles. The van der Waals surface area contributed by atoms with Crippen molar-refractivity contribution in [2.45, 2.75) is 40.5 Å². The molecule has 0 atom stereocenters. The van der Waals surface area contributed by atoms with E-state index in [9.17, 15) is 9.59 Å². The highest BCUT2D eigenvalue weighted by atomic mass is 16.6. The standard InChI is InChI=1S/C18H34O7/c1-15(2)13-22-9-11-24-17(19)5-7-21-8-6-18(20)25-12-10-23-14-16(3)4/h15-16H,5-14H2,1-4H3. The van der Waals surface area contributed by atoms with Gasteiger partial charge in [0.1, 0.15) is 13.2 Å². The minimum Gasteiger partial charge on any atom is -0.463 e. The Morgan fingerprint density at radius 1 is 0.600 bits per heavy atom. The number of hydrogen-bond donors (Lipinski definition) is 0. The third kappa shape index (κ3) is 19.0. The van der Waals surface area contributed by atoms with Gasteiger partial charge in [-0.15, -0.1) is 0 Å². The van der Waals surface area contributed by atoms with Gasteiger partial charge in [-0.25, -0.2) is 0 Å². The zero-order valence-corrected chi connectivity index (χ0v) is 16.1. The normalized spacial score (nSPS) is 11.1. The summed E-state index contributed by atoms with van der Waals surface area (Å²) in [5.74, 6) is 0.253. The first-order valence-electron chi connectivity index (χ1n) is 8.96. The molecule has 0 rings (SSSR count). The highest BCUT2D eigenvalue weighted by Crippen LogP contribution is 1.95. The highest BCUT2D eigenvalue weighted by Gasteiger charge is 2.06. The van der Waals surface area contributed by atoms with Gasteiger partial charge in [0.25, 0.3) is 0 Å². The molecule has 0 fully saturated rings. The summed E-state index contributed by atoms with van der Waals surface area (Å²) in [7, 11) is 0. The largest absolute Gasteiger partial charge is 0.463 e. The summed E-state index contributed by atoms with van der Waals surface area (Å²) < 4.78 is 25.8. The predicted octanol–water partition coefficient (Wildman–Crippen LogP) is 2.21. The molecular weight excluding hydrogens is 328 g/mol. The van der Waals surface area contributed by atoms with Crippen molar-refractivity contribution in [3.05, 3.63) is 0 Å². The summed E-state index contributed by atoms with van der Waals surface area (Å²) in [6.45, 7) is 11.3. The Morgan fingerprint density at radius 3 is 1.36 bits per heavy atom. The number of rotatable bonds is 16. The van der Waals surface area contributed by atoms with Crippen LogP contribution in [-0.4, -0.2) is 64.8 Å². The van der Waals surface area contributed by atoms with E-state index in [2.05, 4.69) is 27.7 Å². The van der Waals surface area contributed by atoms with Crippen LogP contribution in [0.3, 0.4) is 0 Å². The maximum atomic E-state index is 11.4. The van der Waals surface area contributed by atoms with Crippen molar-refractivity contribution < 1.29 is 33.3 Å². The van der Waals surface area contributed by atoms with E-state index in [4.69, 9.17) is 23.7 Å². The van der Waals surface area contributed by atoms with E-state index in [0.29, 0.717) is 38.3 Å². The van der Waals surface area contributed by atoms with Crippen LogP contribution in [-0.2, 0) is 33.3 Å². The molecule has 0 amide bonds. The van der Waals surface area contributed by atoms with Crippen LogP contribution >= 0.6 is 0 Å². The van der Waals surface area contributed by atoms with E-state index < -0.39 is 0 Å². The smallest absolute Gasteiger partial charge is 0.308 e. The monoisotopic (exact) mass is 362 g/mol. The van der Waals surface area contributed by atoms with Gasteiger partial charge < -0.3 is 23.7 Å². The van der Waals surface area contributed by atoms with Crippen LogP contribution in [0.2, 0.25) is 0 Å². The summed E-state index contributed by atoms with van der Waals surface area (Å²) in [5.41, 5.74) is 0. The summed E-state index contributed by atoms with van der Waals surface area (Å²) in [6, 6.07) is 0. The molecule has 25 heavy (non-hydrogen) atoms. The number of carbonyl (C=O) groups excluding carboxylic acids is 2. The summed E-state index contributed by atoms with van der Waals surface area (Å²) in [6.07, 6.45) is 0.310. The molecule has 148 valence electrons. The van der Waals surface area contributed by atoms with Gasteiger partial charge in [0.15, 0.2) is 0 Å². The maximum Gasteiger partial charge on any atom is 0.308 e. The van der Waals surface area contributed by atoms with Crippen molar-refractivity contribution in [1.82, 2.24) is 0 Å². The molecule has 0 aliphatic carbocycles. The highest BCUT2D eigenvalue weighted by molar-refractivity contribution is 5.70. The number of ether oxygens (including phenoxy) is 5. The fraction of sp³-hybridized carbons (Fsp3) is 0.889. The topological polar surface area (TPSA) is 80.3 Å². The molecule has 0 aliphatic rings. The second kappa shape index (κ2) is 16.3. The van der Waals surface area contributed by atoms with Crippen LogP contribution in [0, 0.1) is 11.8 Å². The molecule has 0 aromatic rings. The van der Waals surface area contributed by atoms with Gasteiger partial charge >= 0.3 is 11.9 Å². The molecule has 0 heterocycles. The molecule has 0 N–H and O–H groups in total. The molecule has 0 saturated heterocycles. The van der Waals surface area contributed by atoms with Crippen LogP contribution in [0.1, 0.15) is 40.5 Å². The second-order valence-corrected chi connectivity index (χ2v) is 6.49. The molecule has 0 spiro atoms. The van der Waals surface area contributed by atoms with Gasteiger partial charge in [-0.05, 0) is 11.8 Å². The first-order chi connectivity index (χ1) is 11.9. The lowest BCUT2D eigenvalue weighted by Gasteiger charge is -2.09. The Morgan fingerprint density at radius 2 is 1.00 bits per heavy atom. The van der Waals surface area contributed by atoms with Crippen molar-refractivity contribution in [1.29, 1.82) is 0 Å². The number of esters is 2. The summed E-state index contributed by atoms with van der Waals surface area (Å²) in [5, 5.41) is 0. The van der Waals surface area contributed by atoms with Gasteiger partial charge in [0.05, 0.1) is 39.3 Å². The van der Waals surface area contributed by atoms with Gasteiger partial charge in [0, 0.05) is 13.2 Å². The first kappa shape index (κ1) is 23.8. The van der Waals surface area contributed by atoms with Crippen LogP contribution in [0.25, 0.3) is 0 Å². The van der Waals surface area contributed by atoms with Gasteiger partial charge in [-0.3, -0.25) is 9.59 Å². The molecule has 7 nitrogen and oxygen atoms in total. The molecule has 0 bridgehead atoms. The fourth-order valence-corrected chi connectivity index (χ4v) is 1.62. The van der Waals surface area contributed by atoms with Gasteiger partial charge in [-0.2, -0.15) is 0 Å². The third-order valence-corrected chi connectivity index (χ3v) is 2.78. The lowest BCUT2D eigenvalue weighted by atomic mass is 10.2. The summed E-state index contributed by atoms with van der Waals surface area (Å²) >= 11 is 0. The average Bonchev–Trinajstić information content (AvgIpc) is 2.53. The van der Waals surface area contributed by atoms with E-state index in [1.54, 1.807) is 0 Å². The second-order valence-electron chi connectivity index (χ2n) is 6.49. The zero-order valence-electron chi connectivity index (χ0n) is 16.1. The van der Waals surface area contributed by atoms with E-state index in [1.807, 2.05) is 0 Å². The molecule has 0 unspecified atom stereocenters. The lowest BCUT2D eigenvalue weighted by molar-refractivity contribution is -0.147. The predicted molar refractivity (Wildman–Crippen MR) is 93.3 cm³/mol. The van der Waals surface area contributed by atoms with Crippen LogP contribution < -0.4 is 0 Å². The van der Waals surface area contributed by atoms with E-state index in [1.165, 1.54) is 0 Å². The Labute approximate surface area is 151 Å². The van der Waals surface area contributed by atoms with E-state index in [0.717, 1.165) is 0 Å². The molecule has 0 aromatic heterocycles. The zero-order chi connectivity index (χ0) is 18.9. The van der Waals surface area contributed by atoms with Crippen molar-refractivity contribution in [2.75, 3.05) is 52.9 Å². The average molecular weight is 362 g/mol. The molecule has 0 saturated carbocycles. The fourth-order valence-electron chi connectivity index (χ4n) is 1.62. The molecule has 7 heteroatoms. The molecule has 0 radical (unpaired) electrons. The SMILES string of the molecule is CC(C)COCCOC(=O)CCOCCC(=O)OCCOCC(C)C. The lowest BCUT2D eigenvalue weighted by Crippen LogP contribution is -2.16. The van der Waals surface area contributed by atoms with Crippen LogP contribution in [0.5, 0.6) is 0 Å². The van der Waals surface area contributed by atoms with E-state index >= 15 is 0 Å². The Balaban J connectivity index is 3.35. The van der Waals surface area contributed by atoms with Gasteiger partial charge in [0.2, 0.25) is 0 Å². The first-order valence-corrected chi connectivity index (χ1v) is 8.96. The number of carbonyl (C=O) groups is 2. The van der Waals surface area contributed by atoms with Crippen molar-refractivity contribution in [3.8, 4) is 0 Å². The quantitative estimate of drug-likeness (QED) is 0.308. The minimum atomic E-state index is -0.335. The van der Waals surface area contributed by atoms with Crippen molar-refractivity contribution in [2.24, 2.45) is 11.8 Å². The van der Waals surface area contributed by atoms with Crippen LogP contribution in [0.4, 0.5) is 0 Å². The molecular formula is C18H34O7. The minimum absolute atomic E-state index is 0.155. The Hall–Kier alpha value is -1.18. The number of hydrogen-bond acceptors (Lipinski definition) is 7. The maximum absolute atomic E-state index is 11.4. The van der Waals surface area contributed by atoms with Gasteiger partial charge in [-0.1, -0.05) is 27.7 Å². The van der Waals surface area contributed by atoms with Crippen molar-refractivity contribution >= 4 is 11.9 Å². The van der Waals surface area contributed by atoms with Crippen LogP contribution in [0.15, 0.2) is 0 Å². The molecule has 0 aliphatic heterocycles. The Kier molecular flexibility index (Phi) is 15.5. The Bertz CT molecular complexity index is 310. The van der Waals surface area contributed by atoms with Crippen molar-refractivity contribution in [3.63, 3.8) is 0 Å². The summed E-state index contributed by atoms with van der Waals surface area (Å²) in [4.78, 5) is 22.8.